The molecule has 0 bridgehead atoms. The Balaban J connectivity index is 2.67. The van der Waals surface area contributed by atoms with Crippen molar-refractivity contribution in [3.05, 3.63) is 27.7 Å². The summed E-state index contributed by atoms with van der Waals surface area (Å²) in [6.07, 6.45) is 1.93. The SMILES string of the molecule is COCC(CCCN)Nc1cc(Br)ccc1Cl. The Morgan fingerprint density at radius 3 is 2.94 bits per heavy atom. The molecule has 1 rings (SSSR count). The van der Waals surface area contributed by atoms with Crippen molar-refractivity contribution >= 4 is 33.2 Å². The molecule has 0 aliphatic rings. The van der Waals surface area contributed by atoms with Crippen LogP contribution in [0, 0.1) is 0 Å². The van der Waals surface area contributed by atoms with Crippen LogP contribution in [0.5, 0.6) is 0 Å². The van der Waals surface area contributed by atoms with E-state index in [2.05, 4.69) is 21.2 Å². The fraction of sp³-hybridized carbons (Fsp3) is 0.500. The van der Waals surface area contributed by atoms with E-state index in [4.69, 9.17) is 22.1 Å². The Labute approximate surface area is 116 Å². The number of rotatable bonds is 7. The number of benzene rings is 1. The minimum absolute atomic E-state index is 0.232. The van der Waals surface area contributed by atoms with Crippen molar-refractivity contribution in [3.8, 4) is 0 Å². The van der Waals surface area contributed by atoms with Crippen LogP contribution < -0.4 is 11.1 Å². The second kappa shape index (κ2) is 7.93. The second-order valence-electron chi connectivity index (χ2n) is 3.85. The van der Waals surface area contributed by atoms with Gasteiger partial charge in [-0.25, -0.2) is 0 Å². The monoisotopic (exact) mass is 320 g/mol. The van der Waals surface area contributed by atoms with Gasteiger partial charge < -0.3 is 15.8 Å². The lowest BCUT2D eigenvalue weighted by Crippen LogP contribution is -2.26. The highest BCUT2D eigenvalue weighted by atomic mass is 79.9. The number of hydrogen-bond acceptors (Lipinski definition) is 3. The van der Waals surface area contributed by atoms with E-state index in [1.165, 1.54) is 0 Å². The first-order valence-electron chi connectivity index (χ1n) is 5.58. The van der Waals surface area contributed by atoms with Crippen molar-refractivity contribution < 1.29 is 4.74 Å². The lowest BCUT2D eigenvalue weighted by atomic mass is 10.1. The molecule has 1 aromatic rings. The first kappa shape index (κ1) is 14.8. The van der Waals surface area contributed by atoms with Crippen LogP contribution in [0.3, 0.4) is 0 Å². The van der Waals surface area contributed by atoms with Crippen LogP contribution in [0.1, 0.15) is 12.8 Å². The highest BCUT2D eigenvalue weighted by molar-refractivity contribution is 9.10. The lowest BCUT2D eigenvalue weighted by Gasteiger charge is -2.19. The molecule has 96 valence electrons. The van der Waals surface area contributed by atoms with Crippen LogP contribution >= 0.6 is 27.5 Å². The van der Waals surface area contributed by atoms with Crippen molar-refractivity contribution in [1.29, 1.82) is 0 Å². The molecular formula is C12H18BrClN2O. The normalized spacial score (nSPS) is 12.5. The molecule has 1 atom stereocenters. The van der Waals surface area contributed by atoms with E-state index in [0.717, 1.165) is 23.0 Å². The summed E-state index contributed by atoms with van der Waals surface area (Å²) in [6, 6.07) is 5.97. The van der Waals surface area contributed by atoms with Crippen LogP contribution in [0.4, 0.5) is 5.69 Å². The fourth-order valence-corrected chi connectivity index (χ4v) is 2.12. The average Bonchev–Trinajstić information content (AvgIpc) is 2.31. The molecule has 1 unspecified atom stereocenters. The van der Waals surface area contributed by atoms with Crippen molar-refractivity contribution in [2.75, 3.05) is 25.6 Å². The molecule has 0 fully saturated rings. The van der Waals surface area contributed by atoms with Gasteiger partial charge in [-0.15, -0.1) is 0 Å². The number of halogens is 2. The first-order valence-corrected chi connectivity index (χ1v) is 6.75. The van der Waals surface area contributed by atoms with Crippen LogP contribution in [0.25, 0.3) is 0 Å². The second-order valence-corrected chi connectivity index (χ2v) is 5.17. The van der Waals surface area contributed by atoms with Crippen LogP contribution in [-0.2, 0) is 4.74 Å². The molecule has 0 heterocycles. The number of anilines is 1. The summed E-state index contributed by atoms with van der Waals surface area (Å²) in [5.41, 5.74) is 6.43. The molecule has 0 aromatic heterocycles. The van der Waals surface area contributed by atoms with Gasteiger partial charge in [-0.05, 0) is 37.6 Å². The Hall–Kier alpha value is -0.290. The molecule has 0 aliphatic heterocycles. The highest BCUT2D eigenvalue weighted by Crippen LogP contribution is 2.26. The molecule has 17 heavy (non-hydrogen) atoms. The summed E-state index contributed by atoms with van der Waals surface area (Å²) in [7, 11) is 1.69. The Morgan fingerprint density at radius 1 is 1.53 bits per heavy atom. The molecule has 0 radical (unpaired) electrons. The molecule has 3 nitrogen and oxygen atoms in total. The maximum absolute atomic E-state index is 6.13. The van der Waals surface area contributed by atoms with Gasteiger partial charge in [0, 0.05) is 17.6 Å². The fourth-order valence-electron chi connectivity index (χ4n) is 1.59. The van der Waals surface area contributed by atoms with Crippen molar-refractivity contribution in [1.82, 2.24) is 0 Å². The van der Waals surface area contributed by atoms with Crippen LogP contribution in [0.15, 0.2) is 22.7 Å². The van der Waals surface area contributed by atoms with E-state index >= 15 is 0 Å². The van der Waals surface area contributed by atoms with E-state index in [-0.39, 0.29) is 6.04 Å². The van der Waals surface area contributed by atoms with Crippen LogP contribution in [0.2, 0.25) is 5.02 Å². The summed E-state index contributed by atoms with van der Waals surface area (Å²) in [6.45, 7) is 1.33. The number of methoxy groups -OCH3 is 1. The molecule has 3 N–H and O–H groups in total. The first-order chi connectivity index (χ1) is 8.17. The summed E-state index contributed by atoms with van der Waals surface area (Å²) < 4.78 is 6.18. The molecule has 0 aliphatic carbocycles. The van der Waals surface area contributed by atoms with Gasteiger partial charge in [0.25, 0.3) is 0 Å². The van der Waals surface area contributed by atoms with E-state index < -0.39 is 0 Å². The maximum atomic E-state index is 6.13. The Bertz CT molecular complexity index is 349. The Morgan fingerprint density at radius 2 is 2.29 bits per heavy atom. The molecule has 0 saturated heterocycles. The van der Waals surface area contributed by atoms with Gasteiger partial charge in [0.05, 0.1) is 17.3 Å². The maximum Gasteiger partial charge on any atom is 0.0664 e. The summed E-state index contributed by atoms with van der Waals surface area (Å²) >= 11 is 9.55. The third kappa shape index (κ3) is 5.25. The third-order valence-corrected chi connectivity index (χ3v) is 3.24. The predicted molar refractivity (Wildman–Crippen MR) is 76.7 cm³/mol. The number of nitrogens with one attached hydrogen (secondary N) is 1. The predicted octanol–water partition coefficient (Wildman–Crippen LogP) is 3.27. The zero-order valence-corrected chi connectivity index (χ0v) is 12.2. The summed E-state index contributed by atoms with van der Waals surface area (Å²) in [5, 5.41) is 4.09. The molecule has 5 heteroatoms. The summed E-state index contributed by atoms with van der Waals surface area (Å²) in [5.74, 6) is 0. The highest BCUT2D eigenvalue weighted by Gasteiger charge is 2.10. The van der Waals surface area contributed by atoms with Gasteiger partial charge in [0.1, 0.15) is 0 Å². The van der Waals surface area contributed by atoms with Crippen molar-refractivity contribution in [3.63, 3.8) is 0 Å². The number of nitrogens with two attached hydrogens (primary N) is 1. The zero-order valence-electron chi connectivity index (χ0n) is 9.88. The van der Waals surface area contributed by atoms with Gasteiger partial charge in [-0.1, -0.05) is 27.5 Å². The largest absolute Gasteiger partial charge is 0.383 e. The van der Waals surface area contributed by atoms with Crippen LogP contribution in [-0.4, -0.2) is 26.3 Å². The Kier molecular flexibility index (Phi) is 6.89. The van der Waals surface area contributed by atoms with Crippen molar-refractivity contribution in [2.45, 2.75) is 18.9 Å². The van der Waals surface area contributed by atoms with Gasteiger partial charge >= 0.3 is 0 Å². The van der Waals surface area contributed by atoms with E-state index in [1.54, 1.807) is 7.11 Å². The minimum Gasteiger partial charge on any atom is -0.383 e. The molecule has 0 spiro atoms. The average molecular weight is 322 g/mol. The van der Waals surface area contributed by atoms with E-state index in [1.807, 2.05) is 18.2 Å². The summed E-state index contributed by atoms with van der Waals surface area (Å²) in [4.78, 5) is 0. The van der Waals surface area contributed by atoms with Gasteiger partial charge in [0.2, 0.25) is 0 Å². The smallest absolute Gasteiger partial charge is 0.0664 e. The zero-order chi connectivity index (χ0) is 12.7. The third-order valence-electron chi connectivity index (χ3n) is 2.41. The van der Waals surface area contributed by atoms with E-state index in [0.29, 0.717) is 18.2 Å². The van der Waals surface area contributed by atoms with Gasteiger partial charge in [-0.3, -0.25) is 0 Å². The number of hydrogen-bond donors (Lipinski definition) is 2. The van der Waals surface area contributed by atoms with Gasteiger partial charge in [0.15, 0.2) is 0 Å². The standard InChI is InChI=1S/C12H18BrClN2O/c1-17-8-10(3-2-6-15)16-12-7-9(13)4-5-11(12)14/h4-5,7,10,16H,2-3,6,8,15H2,1H3. The number of ether oxygens (including phenoxy) is 1. The van der Waals surface area contributed by atoms with Gasteiger partial charge in [-0.2, -0.15) is 0 Å². The molecule has 0 amide bonds. The minimum atomic E-state index is 0.232. The quantitative estimate of drug-likeness (QED) is 0.810. The topological polar surface area (TPSA) is 47.3 Å². The molecule has 1 aromatic carbocycles. The molecular weight excluding hydrogens is 304 g/mol. The molecule has 0 saturated carbocycles. The van der Waals surface area contributed by atoms with E-state index in [9.17, 15) is 0 Å². The lowest BCUT2D eigenvalue weighted by molar-refractivity contribution is 0.182. The van der Waals surface area contributed by atoms with Crippen molar-refractivity contribution in [2.24, 2.45) is 5.73 Å².